The molecule has 1 aromatic heterocycles. The minimum absolute atomic E-state index is 0.0284. The molecule has 1 heterocycles. The van der Waals surface area contributed by atoms with Gasteiger partial charge in [0.05, 0.1) is 10.8 Å². The van der Waals surface area contributed by atoms with Crippen molar-refractivity contribution in [2.75, 3.05) is 10.9 Å². The van der Waals surface area contributed by atoms with Gasteiger partial charge in [0, 0.05) is 5.54 Å². The van der Waals surface area contributed by atoms with Gasteiger partial charge in [-0.05, 0) is 31.9 Å². The van der Waals surface area contributed by atoms with Gasteiger partial charge >= 0.3 is 5.69 Å². The number of hydrogen-bond acceptors (Lipinski definition) is 8. The number of aromatic nitrogens is 2. The molecule has 0 aliphatic carbocycles. The zero-order valence-corrected chi connectivity index (χ0v) is 18.0. The molecule has 1 amide bonds. The van der Waals surface area contributed by atoms with Crippen molar-refractivity contribution >= 4 is 23.2 Å². The lowest BCUT2D eigenvalue weighted by atomic mass is 9.91. The summed E-state index contributed by atoms with van der Waals surface area (Å²) in [5.41, 5.74) is 11.6. The summed E-state index contributed by atoms with van der Waals surface area (Å²) in [5, 5.41) is 11.7. The summed E-state index contributed by atoms with van der Waals surface area (Å²) in [5.74, 6) is -1.18. The van der Waals surface area contributed by atoms with E-state index in [1.54, 1.807) is 0 Å². The van der Waals surface area contributed by atoms with E-state index in [9.17, 15) is 14.9 Å². The van der Waals surface area contributed by atoms with E-state index in [1.165, 1.54) is 6.33 Å². The Morgan fingerprint density at radius 1 is 0.906 bits per heavy atom. The van der Waals surface area contributed by atoms with Gasteiger partial charge in [-0.2, -0.15) is 0 Å². The fourth-order valence-electron chi connectivity index (χ4n) is 2.96. The van der Waals surface area contributed by atoms with Gasteiger partial charge in [0.15, 0.2) is 0 Å². The number of nitrogens with one attached hydrogen (secondary N) is 4. The molecule has 0 spiro atoms. The van der Waals surface area contributed by atoms with Crippen molar-refractivity contribution in [3.8, 4) is 0 Å². The summed E-state index contributed by atoms with van der Waals surface area (Å²) in [7, 11) is 0. The fraction of sp³-hybridized carbons (Fsp3) is 0.227. The maximum atomic E-state index is 13.1. The van der Waals surface area contributed by atoms with Crippen molar-refractivity contribution in [3.05, 3.63) is 88.2 Å². The monoisotopic (exact) mass is 435 g/mol. The van der Waals surface area contributed by atoms with Crippen molar-refractivity contribution in [1.29, 1.82) is 0 Å². The number of carbonyl (C=O) groups is 1. The van der Waals surface area contributed by atoms with Crippen LogP contribution in [0.3, 0.4) is 0 Å². The lowest BCUT2D eigenvalue weighted by molar-refractivity contribution is -0.383. The van der Waals surface area contributed by atoms with E-state index in [2.05, 4.69) is 31.7 Å². The van der Waals surface area contributed by atoms with E-state index in [4.69, 9.17) is 0 Å². The van der Waals surface area contributed by atoms with Crippen LogP contribution < -0.4 is 21.7 Å². The number of benzene rings is 2. The third-order valence-corrected chi connectivity index (χ3v) is 4.39. The molecule has 10 nitrogen and oxygen atoms in total. The molecule has 0 fully saturated rings. The molecule has 2 aromatic carbocycles. The molecule has 10 heteroatoms. The number of nitrogens with zero attached hydrogens (tertiary/aromatic N) is 3. The average Bonchev–Trinajstić information content (AvgIpc) is 2.77. The number of rotatable bonds is 8. The lowest BCUT2D eigenvalue weighted by Crippen LogP contribution is -2.40. The van der Waals surface area contributed by atoms with Crippen LogP contribution in [0.2, 0.25) is 0 Å². The highest BCUT2D eigenvalue weighted by Gasteiger charge is 2.27. The van der Waals surface area contributed by atoms with Crippen molar-refractivity contribution in [2.24, 2.45) is 0 Å². The maximum absolute atomic E-state index is 13.1. The number of hydrogen-bond donors (Lipinski definition) is 4. The quantitative estimate of drug-likeness (QED) is 0.312. The first kappa shape index (κ1) is 22.6. The van der Waals surface area contributed by atoms with E-state index < -0.39 is 22.4 Å². The molecule has 0 radical (unpaired) electrons. The van der Waals surface area contributed by atoms with Crippen LogP contribution in [0.15, 0.2) is 67.0 Å². The Hall–Kier alpha value is -4.05. The Morgan fingerprint density at radius 2 is 1.41 bits per heavy atom. The number of carbonyl (C=O) groups excluding carboxylic acids is 1. The van der Waals surface area contributed by atoms with Crippen molar-refractivity contribution in [1.82, 2.24) is 20.8 Å². The highest BCUT2D eigenvalue weighted by atomic mass is 16.6. The maximum Gasteiger partial charge on any atom is 0.356 e. The predicted molar refractivity (Wildman–Crippen MR) is 122 cm³/mol. The normalized spacial score (nSPS) is 11.1. The number of hydrazine groups is 2. The summed E-state index contributed by atoms with van der Waals surface area (Å²) in [4.78, 5) is 32.1. The van der Waals surface area contributed by atoms with E-state index in [-0.39, 0.29) is 17.2 Å². The Morgan fingerprint density at radius 3 is 1.88 bits per heavy atom. The van der Waals surface area contributed by atoms with Gasteiger partial charge < -0.3 is 0 Å². The molecule has 0 atom stereocenters. The van der Waals surface area contributed by atoms with E-state index in [0.717, 1.165) is 11.1 Å². The van der Waals surface area contributed by atoms with E-state index in [0.29, 0.717) is 0 Å². The molecule has 0 saturated carbocycles. The molecule has 3 aromatic rings. The summed E-state index contributed by atoms with van der Waals surface area (Å²) in [6.07, 6.45) is 1.17. The number of anilines is 2. The lowest BCUT2D eigenvalue weighted by Gasteiger charge is -2.21. The molecule has 166 valence electrons. The number of nitro groups is 1. The fourth-order valence-corrected chi connectivity index (χ4v) is 2.96. The first-order valence-corrected chi connectivity index (χ1v) is 9.94. The van der Waals surface area contributed by atoms with Crippen molar-refractivity contribution in [2.45, 2.75) is 32.2 Å². The van der Waals surface area contributed by atoms with Crippen LogP contribution in [0, 0.1) is 10.1 Å². The van der Waals surface area contributed by atoms with Gasteiger partial charge in [0.25, 0.3) is 0 Å². The van der Waals surface area contributed by atoms with Crippen molar-refractivity contribution < 1.29 is 9.72 Å². The zero-order valence-electron chi connectivity index (χ0n) is 18.0. The average molecular weight is 435 g/mol. The third kappa shape index (κ3) is 5.76. The minimum Gasteiger partial charge on any atom is -0.299 e. The van der Waals surface area contributed by atoms with Crippen molar-refractivity contribution in [3.63, 3.8) is 0 Å². The second-order valence-corrected chi connectivity index (χ2v) is 8.05. The molecule has 32 heavy (non-hydrogen) atoms. The molecule has 0 bridgehead atoms. The van der Waals surface area contributed by atoms with Crippen LogP contribution in [-0.2, 0) is 4.79 Å². The second-order valence-electron chi connectivity index (χ2n) is 8.05. The van der Waals surface area contributed by atoms with Gasteiger partial charge in [-0.15, -0.1) is 0 Å². The topological polar surface area (TPSA) is 134 Å². The molecule has 0 saturated heterocycles. The van der Waals surface area contributed by atoms with E-state index in [1.807, 2.05) is 81.4 Å². The van der Waals surface area contributed by atoms with Gasteiger partial charge in [-0.1, -0.05) is 60.7 Å². The summed E-state index contributed by atoms with van der Waals surface area (Å²) in [6, 6.07) is 18.5. The molecular formula is C22H25N7O3. The SMILES string of the molecule is CC(C)(C)NNc1ncnc(NNC(=O)C(c2ccccc2)c2ccccc2)c1[N+](=O)[O-]. The molecule has 0 aliphatic rings. The highest BCUT2D eigenvalue weighted by molar-refractivity contribution is 5.88. The van der Waals surface area contributed by atoms with Crippen LogP contribution in [0.25, 0.3) is 0 Å². The predicted octanol–water partition coefficient (Wildman–Crippen LogP) is 3.38. The summed E-state index contributed by atoms with van der Waals surface area (Å²) in [6.45, 7) is 5.67. The van der Waals surface area contributed by atoms with E-state index >= 15 is 0 Å². The Balaban J connectivity index is 1.84. The van der Waals surface area contributed by atoms with Crippen LogP contribution in [0.4, 0.5) is 17.3 Å². The van der Waals surface area contributed by atoms with Crippen LogP contribution in [0.1, 0.15) is 37.8 Å². The molecular weight excluding hydrogens is 410 g/mol. The zero-order chi connectivity index (χ0) is 23.1. The molecule has 0 aliphatic heterocycles. The van der Waals surface area contributed by atoms with Gasteiger partial charge in [-0.25, -0.2) is 15.4 Å². The Labute approximate surface area is 185 Å². The first-order chi connectivity index (χ1) is 15.3. The Bertz CT molecular complexity index is 1030. The van der Waals surface area contributed by atoms with Crippen LogP contribution in [0.5, 0.6) is 0 Å². The molecule has 0 unspecified atom stereocenters. The first-order valence-electron chi connectivity index (χ1n) is 9.94. The van der Waals surface area contributed by atoms with Gasteiger partial charge in [-0.3, -0.25) is 31.2 Å². The van der Waals surface area contributed by atoms with Crippen LogP contribution in [-0.4, -0.2) is 26.3 Å². The summed E-state index contributed by atoms with van der Waals surface area (Å²) >= 11 is 0. The smallest absolute Gasteiger partial charge is 0.299 e. The molecule has 4 N–H and O–H groups in total. The molecule has 3 rings (SSSR count). The largest absolute Gasteiger partial charge is 0.356 e. The second kappa shape index (κ2) is 9.84. The van der Waals surface area contributed by atoms with Gasteiger partial charge in [0.2, 0.25) is 17.5 Å². The van der Waals surface area contributed by atoms with Gasteiger partial charge in [0.1, 0.15) is 6.33 Å². The highest BCUT2D eigenvalue weighted by Crippen LogP contribution is 2.29. The third-order valence-electron chi connectivity index (χ3n) is 4.39. The standard InChI is InChI=1S/C22H25N7O3/c1-22(2,3)28-26-20-18(29(31)32)19(23-14-24-20)25-27-21(30)17(15-10-6-4-7-11-15)16-12-8-5-9-13-16/h4-14,17,28H,1-3H3,(H,27,30)(H2,23,24,25,26). The Kier molecular flexibility index (Phi) is 6.96. The number of amides is 1. The van der Waals surface area contributed by atoms with Crippen LogP contribution >= 0.6 is 0 Å². The minimum atomic E-state index is -0.619. The summed E-state index contributed by atoms with van der Waals surface area (Å²) < 4.78 is 0.